The topological polar surface area (TPSA) is 101 Å². The maximum Gasteiger partial charge on any atom is 0.332 e. The number of carbonyl (C=O) groups is 3. The van der Waals surface area contributed by atoms with E-state index in [0.29, 0.717) is 41.6 Å². The van der Waals surface area contributed by atoms with Crippen molar-refractivity contribution in [1.82, 2.24) is 0 Å². The van der Waals surface area contributed by atoms with Gasteiger partial charge in [0.15, 0.2) is 0 Å². The average Bonchev–Trinajstić information content (AvgIpc) is 3.63. The molecule has 6 aliphatic rings. The first-order valence-electron chi connectivity index (χ1n) is 18.7. The molecule has 6 nitrogen and oxygen atoms in total. The van der Waals surface area contributed by atoms with E-state index in [1.54, 1.807) is 0 Å². The van der Waals surface area contributed by atoms with E-state index in [9.17, 15) is 24.6 Å². The molecule has 0 amide bonds. The smallest absolute Gasteiger partial charge is 0.332 e. The SMILES string of the molecule is C=C(CC(=O)O[C@H]1CC[C@@]2(C)C(CC[C@]3(C)C2CCC2C4[C@H](C(=C)C)CC[C@]4(C#CC4=C(C(=O)O)CCC4)CC[C@]23C)C1(C)C)C(=O)O. The number of esters is 1. The Hall–Kier alpha value is -2.81. The van der Waals surface area contributed by atoms with Crippen LogP contribution in [0.3, 0.4) is 0 Å². The number of allylic oxidation sites excluding steroid dienone is 2. The first kappa shape index (κ1) is 35.0. The maximum atomic E-state index is 12.8. The number of hydrogen-bond donors (Lipinski definition) is 2. The van der Waals surface area contributed by atoms with Gasteiger partial charge in [-0.3, -0.25) is 4.79 Å². The minimum absolute atomic E-state index is 0.0762. The van der Waals surface area contributed by atoms with E-state index in [1.165, 1.54) is 18.4 Å². The van der Waals surface area contributed by atoms with Crippen LogP contribution < -0.4 is 0 Å². The third-order valence-electron chi connectivity index (χ3n) is 15.9. The van der Waals surface area contributed by atoms with Gasteiger partial charge in [-0.2, -0.15) is 0 Å². The standard InChI is InChI=1S/C42H58O6/c1-25(2)28-15-21-42(20-14-27-10-9-11-29(27)37(46)47)23-22-40(7)30(35(28)42)12-13-32-39(6)18-17-33(48-34(43)24-26(3)36(44)45)38(4,5)31(39)16-19-41(32,40)8/h28,30-33,35H,1,3,9-13,15-19,21-24H2,2,4-8H3,(H,44,45)(H,46,47)/t28-,30?,31?,32?,33-,35?,39-,40+,41+,42+/m0/s1. The molecule has 0 aromatic carbocycles. The lowest BCUT2D eigenvalue weighted by molar-refractivity contribution is -0.247. The maximum absolute atomic E-state index is 12.8. The summed E-state index contributed by atoms with van der Waals surface area (Å²) in [7, 11) is 0. The molecule has 5 saturated carbocycles. The minimum Gasteiger partial charge on any atom is -0.478 e. The number of carboxylic acid groups (broad SMARTS) is 2. The van der Waals surface area contributed by atoms with Crippen molar-refractivity contribution in [3.05, 3.63) is 35.5 Å². The van der Waals surface area contributed by atoms with Crippen molar-refractivity contribution in [2.45, 2.75) is 138 Å². The van der Waals surface area contributed by atoms with Gasteiger partial charge in [0.2, 0.25) is 0 Å². The van der Waals surface area contributed by atoms with E-state index in [4.69, 9.17) is 4.74 Å². The van der Waals surface area contributed by atoms with Crippen LogP contribution in [0.5, 0.6) is 0 Å². The van der Waals surface area contributed by atoms with E-state index in [2.05, 4.69) is 66.5 Å². The Morgan fingerprint density at radius 1 is 0.854 bits per heavy atom. The summed E-state index contributed by atoms with van der Waals surface area (Å²) < 4.78 is 6.04. The molecule has 0 aromatic heterocycles. The highest BCUT2D eigenvalue weighted by molar-refractivity contribution is 5.92. The monoisotopic (exact) mass is 658 g/mol. The van der Waals surface area contributed by atoms with Crippen LogP contribution in [-0.4, -0.2) is 34.2 Å². The minimum atomic E-state index is -1.16. The van der Waals surface area contributed by atoms with E-state index >= 15 is 0 Å². The van der Waals surface area contributed by atoms with E-state index in [-0.39, 0.29) is 45.2 Å². The molecule has 0 saturated heterocycles. The Bertz CT molecular complexity index is 1520. The van der Waals surface area contributed by atoms with Gasteiger partial charge >= 0.3 is 17.9 Å². The van der Waals surface area contributed by atoms with Crippen molar-refractivity contribution in [2.24, 2.45) is 56.7 Å². The van der Waals surface area contributed by atoms with E-state index < -0.39 is 17.9 Å². The second kappa shape index (κ2) is 11.9. The highest BCUT2D eigenvalue weighted by Crippen LogP contribution is 2.77. The van der Waals surface area contributed by atoms with Crippen LogP contribution in [0.4, 0.5) is 0 Å². The van der Waals surface area contributed by atoms with Gasteiger partial charge in [-0.05, 0) is 136 Å². The van der Waals surface area contributed by atoms with Gasteiger partial charge < -0.3 is 14.9 Å². The van der Waals surface area contributed by atoms with Gasteiger partial charge in [0.1, 0.15) is 6.10 Å². The van der Waals surface area contributed by atoms with Gasteiger partial charge in [0, 0.05) is 27.5 Å². The second-order valence-corrected chi connectivity index (χ2v) is 18.1. The second-order valence-electron chi connectivity index (χ2n) is 18.1. The van der Waals surface area contributed by atoms with Crippen molar-refractivity contribution in [3.8, 4) is 11.8 Å². The lowest BCUT2D eigenvalue weighted by Crippen LogP contribution is -2.66. The Morgan fingerprint density at radius 2 is 1.58 bits per heavy atom. The fraction of sp³-hybridized carbons (Fsp3) is 0.738. The Balaban J connectivity index is 1.29. The molecule has 10 atom stereocenters. The number of carbonyl (C=O) groups excluding carboxylic acids is 1. The van der Waals surface area contributed by atoms with Crippen molar-refractivity contribution < 1.29 is 29.3 Å². The van der Waals surface area contributed by atoms with Gasteiger partial charge in [0.05, 0.1) is 6.42 Å². The molecule has 262 valence electrons. The summed E-state index contributed by atoms with van der Waals surface area (Å²) in [6.45, 7) is 22.6. The summed E-state index contributed by atoms with van der Waals surface area (Å²) in [6, 6.07) is 0. The van der Waals surface area contributed by atoms with Crippen molar-refractivity contribution in [3.63, 3.8) is 0 Å². The largest absolute Gasteiger partial charge is 0.478 e. The van der Waals surface area contributed by atoms with Crippen LogP contribution in [0.1, 0.15) is 131 Å². The number of carboxylic acids is 2. The van der Waals surface area contributed by atoms with Crippen molar-refractivity contribution in [1.29, 1.82) is 0 Å². The first-order valence-corrected chi connectivity index (χ1v) is 18.7. The Labute approximate surface area is 288 Å². The predicted molar refractivity (Wildman–Crippen MR) is 187 cm³/mol. The van der Waals surface area contributed by atoms with Crippen LogP contribution in [0.25, 0.3) is 0 Å². The molecule has 2 N–H and O–H groups in total. The Kier molecular flexibility index (Phi) is 8.69. The molecule has 0 radical (unpaired) electrons. The highest BCUT2D eigenvalue weighted by atomic mass is 16.5. The molecule has 6 heteroatoms. The average molecular weight is 659 g/mol. The number of hydrogen-bond acceptors (Lipinski definition) is 4. The van der Waals surface area contributed by atoms with Crippen molar-refractivity contribution in [2.75, 3.05) is 0 Å². The fourth-order valence-corrected chi connectivity index (χ4v) is 13.3. The summed E-state index contributed by atoms with van der Waals surface area (Å²) in [5.41, 5.74) is 2.71. The number of rotatable bonds is 6. The predicted octanol–water partition coefficient (Wildman–Crippen LogP) is 9.16. The third kappa shape index (κ3) is 5.15. The molecular weight excluding hydrogens is 600 g/mol. The third-order valence-corrected chi connectivity index (χ3v) is 15.9. The Morgan fingerprint density at radius 3 is 2.25 bits per heavy atom. The molecule has 0 aromatic rings. The molecule has 5 fully saturated rings. The summed E-state index contributed by atoms with van der Waals surface area (Å²) in [4.78, 5) is 36.0. The van der Waals surface area contributed by atoms with Crippen LogP contribution >= 0.6 is 0 Å². The molecule has 0 heterocycles. The highest BCUT2D eigenvalue weighted by Gasteiger charge is 2.71. The van der Waals surface area contributed by atoms with Gasteiger partial charge in [-0.1, -0.05) is 65.2 Å². The van der Waals surface area contributed by atoms with Crippen molar-refractivity contribution >= 4 is 17.9 Å². The lowest BCUT2D eigenvalue weighted by atomic mass is 9.32. The zero-order chi connectivity index (χ0) is 35.0. The molecule has 0 spiro atoms. The van der Waals surface area contributed by atoms with Crippen LogP contribution in [0.15, 0.2) is 35.5 Å². The van der Waals surface area contributed by atoms with Gasteiger partial charge in [-0.15, -0.1) is 0 Å². The molecule has 0 aliphatic heterocycles. The number of fused-ring (bicyclic) bond motifs is 7. The fourth-order valence-electron chi connectivity index (χ4n) is 13.3. The summed E-state index contributed by atoms with van der Waals surface area (Å²) in [5, 5.41) is 19.0. The number of ether oxygens (including phenoxy) is 1. The summed E-state index contributed by atoms with van der Waals surface area (Å²) >= 11 is 0. The van der Waals surface area contributed by atoms with Crippen LogP contribution in [-0.2, 0) is 19.1 Å². The zero-order valence-electron chi connectivity index (χ0n) is 30.3. The number of aliphatic carboxylic acids is 2. The molecule has 0 bridgehead atoms. The van der Waals surface area contributed by atoms with E-state index in [0.717, 1.165) is 69.8 Å². The molecular formula is C42H58O6. The van der Waals surface area contributed by atoms with E-state index in [1.807, 2.05) is 0 Å². The molecule has 6 rings (SSSR count). The quantitative estimate of drug-likeness (QED) is 0.128. The van der Waals surface area contributed by atoms with Gasteiger partial charge in [-0.25, -0.2) is 9.59 Å². The first-order chi connectivity index (χ1) is 22.4. The van der Waals surface area contributed by atoms with Crippen LogP contribution in [0, 0.1) is 68.5 Å². The zero-order valence-corrected chi connectivity index (χ0v) is 30.3. The lowest BCUT2D eigenvalue weighted by Gasteiger charge is -2.72. The molecule has 4 unspecified atom stereocenters. The summed E-state index contributed by atoms with van der Waals surface area (Å²) in [5.74, 6) is 7.35. The summed E-state index contributed by atoms with van der Waals surface area (Å²) in [6.07, 6.45) is 12.7. The molecule has 6 aliphatic carbocycles. The van der Waals surface area contributed by atoms with Crippen LogP contribution in [0.2, 0.25) is 0 Å². The normalized spacial score (nSPS) is 42.6. The molecule has 48 heavy (non-hydrogen) atoms. The van der Waals surface area contributed by atoms with Gasteiger partial charge in [0.25, 0.3) is 0 Å².